The summed E-state index contributed by atoms with van der Waals surface area (Å²) in [4.78, 5) is 15.0. The fourth-order valence-electron chi connectivity index (χ4n) is 1.90. The maximum absolute atomic E-state index is 12.1. The molecule has 4 N–H and O–H groups in total. The van der Waals surface area contributed by atoms with Crippen molar-refractivity contribution in [2.45, 2.75) is 23.5 Å². The van der Waals surface area contributed by atoms with E-state index in [1.807, 2.05) is 25.1 Å². The van der Waals surface area contributed by atoms with Gasteiger partial charge in [-0.15, -0.1) is 11.8 Å². The Morgan fingerprint density at radius 1 is 1.47 bits per heavy atom. The fourth-order valence-corrected chi connectivity index (χ4v) is 2.95. The maximum atomic E-state index is 12.1. The van der Waals surface area contributed by atoms with E-state index in [2.05, 4.69) is 0 Å². The molecule has 17 heavy (non-hydrogen) atoms. The standard InChI is InChI=1S/C12H17N3OS/c1-8-12(16)15(6-2-5-13)10-7-9(14)3-4-11(10)17-8/h3-4,7-8H,2,5-6,13-14H2,1H3. The SMILES string of the molecule is CC1Sc2ccc(N)cc2N(CCCN)C1=O. The van der Waals surface area contributed by atoms with Crippen LogP contribution >= 0.6 is 11.8 Å². The highest BCUT2D eigenvalue weighted by Gasteiger charge is 2.30. The van der Waals surface area contributed by atoms with Crippen molar-refractivity contribution in [3.63, 3.8) is 0 Å². The van der Waals surface area contributed by atoms with Crippen LogP contribution in [0.5, 0.6) is 0 Å². The van der Waals surface area contributed by atoms with Crippen LogP contribution in [-0.2, 0) is 4.79 Å². The number of carbonyl (C=O) groups is 1. The zero-order chi connectivity index (χ0) is 12.4. The van der Waals surface area contributed by atoms with Gasteiger partial charge < -0.3 is 16.4 Å². The zero-order valence-electron chi connectivity index (χ0n) is 9.85. The third kappa shape index (κ3) is 2.40. The molecule has 0 fully saturated rings. The number of hydrogen-bond donors (Lipinski definition) is 2. The summed E-state index contributed by atoms with van der Waals surface area (Å²) in [6, 6.07) is 5.71. The summed E-state index contributed by atoms with van der Waals surface area (Å²) < 4.78 is 0. The first kappa shape index (κ1) is 12.3. The van der Waals surface area contributed by atoms with Crippen molar-refractivity contribution in [3.8, 4) is 0 Å². The molecule has 1 aliphatic rings. The second-order valence-corrected chi connectivity index (χ2v) is 5.50. The van der Waals surface area contributed by atoms with Gasteiger partial charge in [-0.1, -0.05) is 0 Å². The number of carbonyl (C=O) groups excluding carboxylic acids is 1. The number of thioether (sulfide) groups is 1. The predicted molar refractivity (Wildman–Crippen MR) is 72.2 cm³/mol. The molecule has 0 radical (unpaired) electrons. The molecule has 0 aliphatic carbocycles. The molecule has 0 bridgehead atoms. The van der Waals surface area contributed by atoms with Crippen molar-refractivity contribution in [1.29, 1.82) is 0 Å². The van der Waals surface area contributed by atoms with Crippen LogP contribution < -0.4 is 16.4 Å². The van der Waals surface area contributed by atoms with Gasteiger partial charge in [0.05, 0.1) is 10.9 Å². The average Bonchev–Trinajstić information content (AvgIpc) is 2.31. The van der Waals surface area contributed by atoms with Gasteiger partial charge in [-0.2, -0.15) is 0 Å². The van der Waals surface area contributed by atoms with E-state index in [1.54, 1.807) is 16.7 Å². The number of anilines is 2. The van der Waals surface area contributed by atoms with Crippen molar-refractivity contribution in [2.75, 3.05) is 23.7 Å². The highest BCUT2D eigenvalue weighted by atomic mass is 32.2. The van der Waals surface area contributed by atoms with Crippen LogP contribution in [0.15, 0.2) is 23.1 Å². The Bertz CT molecular complexity index is 436. The molecule has 2 rings (SSSR count). The minimum atomic E-state index is -0.0381. The molecule has 1 aromatic rings. The maximum Gasteiger partial charge on any atom is 0.240 e. The highest BCUT2D eigenvalue weighted by molar-refractivity contribution is 8.00. The Morgan fingerprint density at radius 3 is 2.94 bits per heavy atom. The number of nitrogen functional groups attached to an aromatic ring is 1. The molecule has 1 unspecified atom stereocenters. The predicted octanol–water partition coefficient (Wildman–Crippen LogP) is 1.44. The Labute approximate surface area is 105 Å². The molecule has 1 aliphatic heterocycles. The number of rotatable bonds is 3. The lowest BCUT2D eigenvalue weighted by Crippen LogP contribution is -2.40. The molecular weight excluding hydrogens is 234 g/mol. The summed E-state index contributed by atoms with van der Waals surface area (Å²) in [5.74, 6) is 0.140. The fraction of sp³-hybridized carbons (Fsp3) is 0.417. The molecule has 92 valence electrons. The van der Waals surface area contributed by atoms with Crippen LogP contribution in [0.4, 0.5) is 11.4 Å². The van der Waals surface area contributed by atoms with Gasteiger partial charge in [0, 0.05) is 17.1 Å². The normalized spacial score (nSPS) is 19.3. The van der Waals surface area contributed by atoms with Gasteiger partial charge in [0.15, 0.2) is 0 Å². The van der Waals surface area contributed by atoms with E-state index in [0.29, 0.717) is 18.8 Å². The monoisotopic (exact) mass is 251 g/mol. The van der Waals surface area contributed by atoms with Crippen LogP contribution in [0.1, 0.15) is 13.3 Å². The number of fused-ring (bicyclic) bond motifs is 1. The van der Waals surface area contributed by atoms with Crippen molar-refractivity contribution in [2.24, 2.45) is 5.73 Å². The molecular formula is C12H17N3OS. The Morgan fingerprint density at radius 2 is 2.24 bits per heavy atom. The van der Waals surface area contributed by atoms with E-state index in [-0.39, 0.29) is 11.2 Å². The quantitative estimate of drug-likeness (QED) is 0.797. The Balaban J connectivity index is 2.36. The summed E-state index contributed by atoms with van der Waals surface area (Å²) in [6.07, 6.45) is 0.803. The number of hydrogen-bond acceptors (Lipinski definition) is 4. The van der Waals surface area contributed by atoms with E-state index in [0.717, 1.165) is 17.0 Å². The topological polar surface area (TPSA) is 72.3 Å². The first-order chi connectivity index (χ1) is 8.13. The molecule has 5 heteroatoms. The number of benzene rings is 1. The van der Waals surface area contributed by atoms with Crippen LogP contribution in [0.25, 0.3) is 0 Å². The third-order valence-corrected chi connectivity index (χ3v) is 3.93. The minimum absolute atomic E-state index is 0.0381. The molecule has 1 atom stereocenters. The molecule has 0 saturated heterocycles. The summed E-state index contributed by atoms with van der Waals surface area (Å²) >= 11 is 1.59. The lowest BCUT2D eigenvalue weighted by Gasteiger charge is -2.32. The van der Waals surface area contributed by atoms with Crippen molar-refractivity contribution in [3.05, 3.63) is 18.2 Å². The molecule has 4 nitrogen and oxygen atoms in total. The van der Waals surface area contributed by atoms with Gasteiger partial charge in [0.25, 0.3) is 0 Å². The van der Waals surface area contributed by atoms with E-state index in [1.165, 1.54) is 0 Å². The second-order valence-electron chi connectivity index (χ2n) is 4.12. The first-order valence-corrected chi connectivity index (χ1v) is 6.59. The Hall–Kier alpha value is -1.20. The molecule has 1 heterocycles. The van der Waals surface area contributed by atoms with E-state index in [9.17, 15) is 4.79 Å². The molecule has 0 aromatic heterocycles. The zero-order valence-corrected chi connectivity index (χ0v) is 10.7. The average molecular weight is 251 g/mol. The van der Waals surface area contributed by atoms with E-state index >= 15 is 0 Å². The Kier molecular flexibility index (Phi) is 3.59. The van der Waals surface area contributed by atoms with Crippen molar-refractivity contribution < 1.29 is 4.79 Å². The smallest absolute Gasteiger partial charge is 0.240 e. The highest BCUT2D eigenvalue weighted by Crippen LogP contribution is 2.40. The summed E-state index contributed by atoms with van der Waals surface area (Å²) in [7, 11) is 0. The van der Waals surface area contributed by atoms with Gasteiger partial charge in [0.2, 0.25) is 5.91 Å². The second kappa shape index (κ2) is 4.98. The van der Waals surface area contributed by atoms with Gasteiger partial charge in [-0.3, -0.25) is 4.79 Å². The number of nitrogens with two attached hydrogens (primary N) is 2. The number of amides is 1. The molecule has 0 saturated carbocycles. The number of nitrogens with zero attached hydrogens (tertiary/aromatic N) is 1. The third-order valence-electron chi connectivity index (χ3n) is 2.78. The van der Waals surface area contributed by atoms with Gasteiger partial charge in [-0.05, 0) is 38.1 Å². The molecule has 1 aromatic carbocycles. The summed E-state index contributed by atoms with van der Waals surface area (Å²) in [5.41, 5.74) is 12.9. The summed E-state index contributed by atoms with van der Waals surface area (Å²) in [5, 5.41) is -0.0381. The van der Waals surface area contributed by atoms with Gasteiger partial charge in [0.1, 0.15) is 0 Å². The minimum Gasteiger partial charge on any atom is -0.399 e. The molecule has 1 amide bonds. The van der Waals surface area contributed by atoms with E-state index < -0.39 is 0 Å². The van der Waals surface area contributed by atoms with E-state index in [4.69, 9.17) is 11.5 Å². The van der Waals surface area contributed by atoms with Gasteiger partial charge >= 0.3 is 0 Å². The van der Waals surface area contributed by atoms with Crippen LogP contribution in [0.3, 0.4) is 0 Å². The van der Waals surface area contributed by atoms with Crippen LogP contribution in [0.2, 0.25) is 0 Å². The van der Waals surface area contributed by atoms with Crippen LogP contribution in [0, 0.1) is 0 Å². The van der Waals surface area contributed by atoms with Crippen molar-refractivity contribution >= 4 is 29.0 Å². The van der Waals surface area contributed by atoms with Gasteiger partial charge in [-0.25, -0.2) is 0 Å². The summed E-state index contributed by atoms with van der Waals surface area (Å²) in [6.45, 7) is 3.18. The largest absolute Gasteiger partial charge is 0.399 e. The van der Waals surface area contributed by atoms with Crippen molar-refractivity contribution in [1.82, 2.24) is 0 Å². The molecule has 0 spiro atoms. The lowest BCUT2D eigenvalue weighted by molar-refractivity contribution is -0.118. The first-order valence-electron chi connectivity index (χ1n) is 5.71. The lowest BCUT2D eigenvalue weighted by atomic mass is 10.2. The van der Waals surface area contributed by atoms with Crippen LogP contribution in [-0.4, -0.2) is 24.2 Å².